The molecule has 0 saturated heterocycles. The van der Waals surface area contributed by atoms with E-state index in [9.17, 15) is 4.79 Å². The fourth-order valence-corrected chi connectivity index (χ4v) is 0.759. The number of hydrogen-bond donors (Lipinski definition) is 1. The lowest BCUT2D eigenvalue weighted by Gasteiger charge is -2.03. The SMILES string of the molecule is CCONOC(=O)c1ccccc1. The van der Waals surface area contributed by atoms with Gasteiger partial charge in [-0.15, -0.1) is 0 Å². The Kier molecular flexibility index (Phi) is 3.95. The molecule has 1 aromatic rings. The van der Waals surface area contributed by atoms with Crippen LogP contribution in [0.1, 0.15) is 17.3 Å². The molecule has 1 aromatic carbocycles. The normalized spacial score (nSPS) is 9.62. The van der Waals surface area contributed by atoms with E-state index in [1.807, 2.05) is 6.07 Å². The fourth-order valence-electron chi connectivity index (χ4n) is 0.759. The summed E-state index contributed by atoms with van der Waals surface area (Å²) >= 11 is 0. The predicted molar refractivity (Wildman–Crippen MR) is 46.6 cm³/mol. The van der Waals surface area contributed by atoms with Gasteiger partial charge in [0.25, 0.3) is 0 Å². The van der Waals surface area contributed by atoms with Crippen LogP contribution < -0.4 is 5.64 Å². The molecule has 0 saturated carbocycles. The first-order valence-corrected chi connectivity index (χ1v) is 3.97. The van der Waals surface area contributed by atoms with Gasteiger partial charge in [0.05, 0.1) is 12.2 Å². The topological polar surface area (TPSA) is 47.6 Å². The lowest BCUT2D eigenvalue weighted by molar-refractivity contribution is -0.131. The Labute approximate surface area is 76.4 Å². The highest BCUT2D eigenvalue weighted by atomic mass is 16.9. The van der Waals surface area contributed by atoms with Gasteiger partial charge in [0, 0.05) is 0 Å². The summed E-state index contributed by atoms with van der Waals surface area (Å²) in [4.78, 5) is 20.3. The Morgan fingerprint density at radius 1 is 1.38 bits per heavy atom. The van der Waals surface area contributed by atoms with Crippen molar-refractivity contribution in [3.8, 4) is 0 Å². The van der Waals surface area contributed by atoms with Crippen LogP contribution in [0.15, 0.2) is 30.3 Å². The standard InChI is InChI=1S/C9H11NO3/c1-2-12-10-13-9(11)8-6-4-3-5-7-8/h3-7,10H,2H2,1H3. The van der Waals surface area contributed by atoms with E-state index in [0.717, 1.165) is 0 Å². The molecule has 0 aliphatic carbocycles. The maximum atomic E-state index is 11.2. The molecule has 4 nitrogen and oxygen atoms in total. The van der Waals surface area contributed by atoms with E-state index in [1.165, 1.54) is 0 Å². The van der Waals surface area contributed by atoms with Crippen molar-refractivity contribution in [3.05, 3.63) is 35.9 Å². The Morgan fingerprint density at radius 2 is 2.08 bits per heavy atom. The van der Waals surface area contributed by atoms with Crippen molar-refractivity contribution in [2.45, 2.75) is 6.92 Å². The Balaban J connectivity index is 2.40. The van der Waals surface area contributed by atoms with Crippen LogP contribution >= 0.6 is 0 Å². The van der Waals surface area contributed by atoms with Crippen LogP contribution in [0.2, 0.25) is 0 Å². The molecule has 0 atom stereocenters. The van der Waals surface area contributed by atoms with Crippen LogP contribution in [0.5, 0.6) is 0 Å². The highest BCUT2D eigenvalue weighted by molar-refractivity contribution is 5.88. The molecular formula is C9H11NO3. The van der Waals surface area contributed by atoms with Crippen LogP contribution in [0.3, 0.4) is 0 Å². The second-order valence-corrected chi connectivity index (χ2v) is 2.27. The lowest BCUT2D eigenvalue weighted by atomic mass is 10.2. The van der Waals surface area contributed by atoms with Gasteiger partial charge >= 0.3 is 5.97 Å². The largest absolute Gasteiger partial charge is 0.359 e. The van der Waals surface area contributed by atoms with Gasteiger partial charge in [0.1, 0.15) is 0 Å². The van der Waals surface area contributed by atoms with Crippen molar-refractivity contribution in [1.29, 1.82) is 0 Å². The highest BCUT2D eigenvalue weighted by Gasteiger charge is 2.04. The van der Waals surface area contributed by atoms with Crippen molar-refractivity contribution in [2.75, 3.05) is 6.61 Å². The molecular weight excluding hydrogens is 170 g/mol. The zero-order valence-corrected chi connectivity index (χ0v) is 7.32. The Bertz CT molecular complexity index is 261. The molecule has 0 radical (unpaired) electrons. The van der Waals surface area contributed by atoms with Gasteiger partial charge in [0.2, 0.25) is 0 Å². The lowest BCUT2D eigenvalue weighted by Crippen LogP contribution is -2.20. The van der Waals surface area contributed by atoms with Crippen molar-refractivity contribution in [1.82, 2.24) is 5.64 Å². The van der Waals surface area contributed by atoms with Crippen LogP contribution in [0.25, 0.3) is 0 Å². The fraction of sp³-hybridized carbons (Fsp3) is 0.222. The zero-order valence-electron chi connectivity index (χ0n) is 7.32. The molecule has 70 valence electrons. The third-order valence-corrected chi connectivity index (χ3v) is 1.35. The molecule has 0 fully saturated rings. The number of nitrogens with one attached hydrogen (secondary N) is 1. The van der Waals surface area contributed by atoms with E-state index in [1.54, 1.807) is 31.2 Å². The van der Waals surface area contributed by atoms with Gasteiger partial charge in [-0.05, 0) is 24.7 Å². The summed E-state index contributed by atoms with van der Waals surface area (Å²) < 4.78 is 0. The van der Waals surface area contributed by atoms with E-state index >= 15 is 0 Å². The second kappa shape index (κ2) is 5.29. The minimum atomic E-state index is -0.464. The van der Waals surface area contributed by atoms with Crippen LogP contribution in [0.4, 0.5) is 0 Å². The van der Waals surface area contributed by atoms with Crippen LogP contribution in [-0.4, -0.2) is 12.6 Å². The third kappa shape index (κ3) is 3.23. The first kappa shape index (κ1) is 9.70. The number of benzene rings is 1. The molecule has 0 aromatic heterocycles. The molecule has 0 bridgehead atoms. The number of carbonyl (C=O) groups is 1. The minimum absolute atomic E-state index is 0.433. The van der Waals surface area contributed by atoms with E-state index in [2.05, 4.69) is 15.3 Å². The molecule has 0 amide bonds. The van der Waals surface area contributed by atoms with E-state index < -0.39 is 5.97 Å². The summed E-state index contributed by atoms with van der Waals surface area (Å²) in [6.07, 6.45) is 0. The summed E-state index contributed by atoms with van der Waals surface area (Å²) in [5.41, 5.74) is 2.56. The van der Waals surface area contributed by atoms with E-state index in [4.69, 9.17) is 0 Å². The second-order valence-electron chi connectivity index (χ2n) is 2.27. The van der Waals surface area contributed by atoms with E-state index in [0.29, 0.717) is 12.2 Å². The van der Waals surface area contributed by atoms with Crippen molar-refractivity contribution in [2.24, 2.45) is 0 Å². The molecule has 0 heterocycles. The smallest absolute Gasteiger partial charge is 0.341 e. The molecule has 13 heavy (non-hydrogen) atoms. The van der Waals surface area contributed by atoms with Crippen molar-refractivity contribution < 1.29 is 14.5 Å². The molecule has 4 heteroatoms. The zero-order chi connectivity index (χ0) is 9.52. The average Bonchev–Trinajstić information content (AvgIpc) is 2.19. The molecule has 0 aliphatic rings. The third-order valence-electron chi connectivity index (χ3n) is 1.35. The monoisotopic (exact) mass is 181 g/mol. The van der Waals surface area contributed by atoms with Gasteiger partial charge in [-0.3, -0.25) is 4.84 Å². The van der Waals surface area contributed by atoms with Gasteiger partial charge in [-0.2, -0.15) is 0 Å². The Hall–Kier alpha value is -1.39. The molecule has 1 N–H and O–H groups in total. The quantitative estimate of drug-likeness (QED) is 0.561. The number of carbonyl (C=O) groups excluding carboxylic acids is 1. The van der Waals surface area contributed by atoms with Gasteiger partial charge in [-0.25, -0.2) is 4.79 Å². The first-order chi connectivity index (χ1) is 6.34. The van der Waals surface area contributed by atoms with E-state index in [-0.39, 0.29) is 0 Å². The van der Waals surface area contributed by atoms with Crippen LogP contribution in [-0.2, 0) is 9.68 Å². The maximum absolute atomic E-state index is 11.2. The average molecular weight is 181 g/mol. The number of hydrogen-bond acceptors (Lipinski definition) is 4. The van der Waals surface area contributed by atoms with Crippen LogP contribution in [0, 0.1) is 0 Å². The summed E-state index contributed by atoms with van der Waals surface area (Å²) in [5.74, 6) is -0.464. The molecule has 0 unspecified atom stereocenters. The van der Waals surface area contributed by atoms with Crippen molar-refractivity contribution >= 4 is 5.97 Å². The molecule has 0 spiro atoms. The number of rotatable bonds is 4. The molecule has 1 rings (SSSR count). The minimum Gasteiger partial charge on any atom is -0.341 e. The summed E-state index contributed by atoms with van der Waals surface area (Å²) in [5, 5.41) is 0. The predicted octanol–water partition coefficient (Wildman–Crippen LogP) is 1.30. The molecule has 0 aliphatic heterocycles. The van der Waals surface area contributed by atoms with Gasteiger partial charge in [-0.1, -0.05) is 18.2 Å². The summed E-state index contributed by atoms with van der Waals surface area (Å²) in [6, 6.07) is 8.67. The van der Waals surface area contributed by atoms with Crippen molar-refractivity contribution in [3.63, 3.8) is 0 Å². The first-order valence-electron chi connectivity index (χ1n) is 3.97. The van der Waals surface area contributed by atoms with Gasteiger partial charge in [0.15, 0.2) is 0 Å². The van der Waals surface area contributed by atoms with Gasteiger partial charge < -0.3 is 4.84 Å². The highest BCUT2D eigenvalue weighted by Crippen LogP contribution is 1.99. The summed E-state index contributed by atoms with van der Waals surface area (Å²) in [7, 11) is 0. The Morgan fingerprint density at radius 3 is 2.69 bits per heavy atom. The summed E-state index contributed by atoms with van der Waals surface area (Å²) in [6.45, 7) is 2.21. The maximum Gasteiger partial charge on any atom is 0.359 e.